The van der Waals surface area contributed by atoms with Crippen LogP contribution in [0.4, 0.5) is 11.5 Å². The number of nitrogen functional groups attached to an aromatic ring is 1. The Bertz CT molecular complexity index is 743. The normalized spacial score (nSPS) is 11.3. The second-order valence-corrected chi connectivity index (χ2v) is 6.99. The molecule has 7 heteroatoms. The van der Waals surface area contributed by atoms with Gasteiger partial charge in [0, 0.05) is 16.4 Å². The molecule has 0 unspecified atom stereocenters. The zero-order valence-electron chi connectivity index (χ0n) is 11.0. The lowest BCUT2D eigenvalue weighted by molar-refractivity contribution is 0.600. The maximum absolute atomic E-state index is 12.4. The largest absolute Gasteiger partial charge is 0.399 e. The fraction of sp³-hybridized carbons (Fsp3) is 0.154. The van der Waals surface area contributed by atoms with Gasteiger partial charge in [-0.15, -0.1) is 0 Å². The summed E-state index contributed by atoms with van der Waals surface area (Å²) in [4.78, 5) is 4.16. The van der Waals surface area contributed by atoms with E-state index in [9.17, 15) is 8.42 Å². The lowest BCUT2D eigenvalue weighted by Crippen LogP contribution is -2.16. The first-order chi connectivity index (χ1) is 9.29. The Morgan fingerprint density at radius 1 is 1.25 bits per heavy atom. The van der Waals surface area contributed by atoms with Gasteiger partial charge in [0.05, 0.1) is 4.90 Å². The van der Waals surface area contributed by atoms with Crippen LogP contribution in [0.1, 0.15) is 11.1 Å². The molecule has 1 aromatic heterocycles. The molecular weight excluding hydrogens is 342 g/mol. The van der Waals surface area contributed by atoms with E-state index in [4.69, 9.17) is 5.73 Å². The summed E-state index contributed by atoms with van der Waals surface area (Å²) in [5.74, 6) is 0.257. The van der Waals surface area contributed by atoms with Crippen molar-refractivity contribution in [2.75, 3.05) is 10.5 Å². The second kappa shape index (κ2) is 5.41. The van der Waals surface area contributed by atoms with Crippen LogP contribution in [-0.2, 0) is 10.0 Å². The first-order valence-electron chi connectivity index (χ1n) is 5.81. The third-order valence-corrected chi connectivity index (χ3v) is 4.85. The van der Waals surface area contributed by atoms with Gasteiger partial charge in [0.2, 0.25) is 0 Å². The standard InChI is InChI=1S/C13H14BrN3O2S/c1-8-5-11(15)6-12(9(8)2)20(18,19)17-13-4-3-10(14)7-16-13/h3-7H,15H2,1-2H3,(H,16,17). The summed E-state index contributed by atoms with van der Waals surface area (Å²) in [6.45, 7) is 3.57. The zero-order chi connectivity index (χ0) is 14.9. The number of sulfonamides is 1. The monoisotopic (exact) mass is 355 g/mol. The van der Waals surface area contributed by atoms with Crippen molar-refractivity contribution in [3.63, 3.8) is 0 Å². The summed E-state index contributed by atoms with van der Waals surface area (Å²) in [6.07, 6.45) is 1.52. The zero-order valence-corrected chi connectivity index (χ0v) is 13.4. The highest BCUT2D eigenvalue weighted by Gasteiger charge is 2.19. The van der Waals surface area contributed by atoms with Crippen LogP contribution in [0, 0.1) is 13.8 Å². The van der Waals surface area contributed by atoms with Crippen LogP contribution >= 0.6 is 15.9 Å². The molecule has 2 rings (SSSR count). The molecule has 0 amide bonds. The number of halogens is 1. The lowest BCUT2D eigenvalue weighted by Gasteiger charge is -2.12. The number of nitrogens with one attached hydrogen (secondary N) is 1. The predicted molar refractivity (Wildman–Crippen MR) is 83.1 cm³/mol. The van der Waals surface area contributed by atoms with Gasteiger partial charge in [-0.25, -0.2) is 13.4 Å². The van der Waals surface area contributed by atoms with Gasteiger partial charge in [-0.2, -0.15) is 0 Å². The van der Waals surface area contributed by atoms with Crippen molar-refractivity contribution >= 4 is 37.5 Å². The van der Waals surface area contributed by atoms with Gasteiger partial charge in [-0.1, -0.05) is 0 Å². The number of anilines is 2. The molecular formula is C13H14BrN3O2S. The third-order valence-electron chi connectivity index (χ3n) is 2.90. The smallest absolute Gasteiger partial charge is 0.263 e. The highest BCUT2D eigenvalue weighted by molar-refractivity contribution is 9.10. The van der Waals surface area contributed by atoms with Gasteiger partial charge < -0.3 is 5.73 Å². The molecule has 3 N–H and O–H groups in total. The lowest BCUT2D eigenvalue weighted by atomic mass is 10.1. The molecule has 0 radical (unpaired) electrons. The van der Waals surface area contributed by atoms with Gasteiger partial charge in [-0.05, 0) is 65.2 Å². The summed E-state index contributed by atoms with van der Waals surface area (Å²) >= 11 is 3.24. The van der Waals surface area contributed by atoms with E-state index in [1.54, 1.807) is 25.1 Å². The predicted octanol–water partition coefficient (Wildman–Crippen LogP) is 2.84. The van der Waals surface area contributed by atoms with Crippen molar-refractivity contribution in [2.24, 2.45) is 0 Å². The highest BCUT2D eigenvalue weighted by Crippen LogP contribution is 2.24. The Morgan fingerprint density at radius 2 is 1.95 bits per heavy atom. The maximum atomic E-state index is 12.4. The van der Waals surface area contributed by atoms with E-state index in [1.807, 2.05) is 6.92 Å². The molecule has 0 bridgehead atoms. The van der Waals surface area contributed by atoms with Crippen LogP contribution in [0.5, 0.6) is 0 Å². The Hall–Kier alpha value is -1.60. The Kier molecular flexibility index (Phi) is 4.01. The topological polar surface area (TPSA) is 85.1 Å². The molecule has 0 saturated carbocycles. The first kappa shape index (κ1) is 14.8. The van der Waals surface area contributed by atoms with E-state index < -0.39 is 10.0 Å². The van der Waals surface area contributed by atoms with E-state index >= 15 is 0 Å². The molecule has 0 saturated heterocycles. The molecule has 5 nitrogen and oxygen atoms in total. The number of aromatic nitrogens is 1. The summed E-state index contributed by atoms with van der Waals surface area (Å²) in [6, 6.07) is 6.48. The minimum Gasteiger partial charge on any atom is -0.399 e. The van der Waals surface area contributed by atoms with Crippen LogP contribution in [0.15, 0.2) is 39.8 Å². The number of benzene rings is 1. The van der Waals surface area contributed by atoms with Crippen molar-refractivity contribution in [2.45, 2.75) is 18.7 Å². The van der Waals surface area contributed by atoms with E-state index in [-0.39, 0.29) is 10.7 Å². The van der Waals surface area contributed by atoms with E-state index in [2.05, 4.69) is 25.6 Å². The van der Waals surface area contributed by atoms with Gasteiger partial charge in [0.25, 0.3) is 10.0 Å². The molecule has 0 aliphatic carbocycles. The molecule has 0 aliphatic heterocycles. The Balaban J connectivity index is 2.43. The van der Waals surface area contributed by atoms with Crippen molar-refractivity contribution in [1.29, 1.82) is 0 Å². The van der Waals surface area contributed by atoms with Crippen molar-refractivity contribution in [3.05, 3.63) is 46.1 Å². The number of hydrogen-bond donors (Lipinski definition) is 2. The van der Waals surface area contributed by atoms with E-state index in [1.165, 1.54) is 12.3 Å². The summed E-state index contributed by atoms with van der Waals surface area (Å²) in [5.41, 5.74) is 7.64. The second-order valence-electron chi connectivity index (χ2n) is 4.43. The summed E-state index contributed by atoms with van der Waals surface area (Å²) in [5, 5.41) is 0. The van der Waals surface area contributed by atoms with E-state index in [0.717, 1.165) is 10.0 Å². The Morgan fingerprint density at radius 3 is 2.55 bits per heavy atom. The number of rotatable bonds is 3. The number of nitrogens with zero attached hydrogens (tertiary/aromatic N) is 1. The molecule has 0 spiro atoms. The highest BCUT2D eigenvalue weighted by atomic mass is 79.9. The minimum atomic E-state index is -3.71. The SMILES string of the molecule is Cc1cc(N)cc(S(=O)(=O)Nc2ccc(Br)cn2)c1C. The average molecular weight is 356 g/mol. The van der Waals surface area contributed by atoms with Crippen molar-refractivity contribution in [3.8, 4) is 0 Å². The van der Waals surface area contributed by atoms with Crippen LogP contribution in [0.2, 0.25) is 0 Å². The molecule has 0 atom stereocenters. The van der Waals surface area contributed by atoms with Gasteiger partial charge in [0.1, 0.15) is 5.82 Å². The van der Waals surface area contributed by atoms with Crippen molar-refractivity contribution < 1.29 is 8.42 Å². The molecule has 0 aliphatic rings. The maximum Gasteiger partial charge on any atom is 0.263 e. The fourth-order valence-corrected chi connectivity index (χ4v) is 3.36. The number of aryl methyl sites for hydroxylation is 1. The molecule has 2 aromatic rings. The molecule has 1 heterocycles. The Labute approximate surface area is 126 Å². The molecule has 106 valence electrons. The number of pyridine rings is 1. The van der Waals surface area contributed by atoms with Crippen LogP contribution in [0.25, 0.3) is 0 Å². The van der Waals surface area contributed by atoms with Crippen molar-refractivity contribution in [1.82, 2.24) is 4.98 Å². The van der Waals surface area contributed by atoms with Gasteiger partial charge in [0.15, 0.2) is 0 Å². The van der Waals surface area contributed by atoms with Gasteiger partial charge >= 0.3 is 0 Å². The molecule has 20 heavy (non-hydrogen) atoms. The number of nitrogens with two attached hydrogens (primary N) is 1. The third kappa shape index (κ3) is 3.10. The fourth-order valence-electron chi connectivity index (χ4n) is 1.76. The quantitative estimate of drug-likeness (QED) is 0.829. The van der Waals surface area contributed by atoms with Crippen LogP contribution in [-0.4, -0.2) is 13.4 Å². The summed E-state index contributed by atoms with van der Waals surface area (Å²) < 4.78 is 28.0. The van der Waals surface area contributed by atoms with E-state index in [0.29, 0.717) is 11.3 Å². The number of hydrogen-bond acceptors (Lipinski definition) is 4. The molecule has 1 aromatic carbocycles. The minimum absolute atomic E-state index is 0.166. The first-order valence-corrected chi connectivity index (χ1v) is 8.08. The van der Waals surface area contributed by atoms with Gasteiger partial charge in [-0.3, -0.25) is 4.72 Å². The van der Waals surface area contributed by atoms with Crippen LogP contribution < -0.4 is 10.5 Å². The average Bonchev–Trinajstić information content (AvgIpc) is 2.36. The van der Waals surface area contributed by atoms with Crippen LogP contribution in [0.3, 0.4) is 0 Å². The summed E-state index contributed by atoms with van der Waals surface area (Å²) in [7, 11) is -3.71. The molecule has 0 fully saturated rings.